The molecule has 2 atom stereocenters. The number of carbonyl (C=O) groups excluding carboxylic acids is 1. The Kier molecular flexibility index (Phi) is 5.67. The number of ether oxygens (including phenoxy) is 1. The lowest BCUT2D eigenvalue weighted by Crippen LogP contribution is -2.48. The summed E-state index contributed by atoms with van der Waals surface area (Å²) in [6.45, 7) is 8.39. The summed E-state index contributed by atoms with van der Waals surface area (Å²) in [7, 11) is 0. The van der Waals surface area contributed by atoms with Gasteiger partial charge in [-0.1, -0.05) is 6.42 Å². The van der Waals surface area contributed by atoms with Crippen molar-refractivity contribution >= 4 is 11.9 Å². The highest BCUT2D eigenvalue weighted by Crippen LogP contribution is 2.30. The molecule has 0 aromatic rings. The van der Waals surface area contributed by atoms with Gasteiger partial charge in [-0.3, -0.25) is 9.89 Å². The van der Waals surface area contributed by atoms with E-state index in [9.17, 15) is 9.90 Å². The summed E-state index contributed by atoms with van der Waals surface area (Å²) in [6.07, 6.45) is 3.17. The Bertz CT molecular complexity index is 417. The Hall–Kier alpha value is -1.30. The fourth-order valence-corrected chi connectivity index (χ4v) is 3.08. The van der Waals surface area contributed by atoms with E-state index in [1.54, 1.807) is 4.90 Å². The van der Waals surface area contributed by atoms with Gasteiger partial charge in [0, 0.05) is 19.7 Å². The predicted molar refractivity (Wildman–Crippen MR) is 86.0 cm³/mol. The minimum absolute atomic E-state index is 0.267. The van der Waals surface area contributed by atoms with E-state index in [-0.39, 0.29) is 12.7 Å². The van der Waals surface area contributed by atoms with Gasteiger partial charge in [0.25, 0.3) is 0 Å². The second-order valence-corrected chi connectivity index (χ2v) is 7.24. The fraction of sp³-hybridized carbons (Fsp3) is 0.875. The van der Waals surface area contributed by atoms with Crippen LogP contribution in [0.3, 0.4) is 0 Å². The molecule has 1 fully saturated rings. The summed E-state index contributed by atoms with van der Waals surface area (Å²) < 4.78 is 5.41. The van der Waals surface area contributed by atoms with E-state index in [0.29, 0.717) is 31.5 Å². The number of aliphatic imine (C=N–C) groups is 1. The Balaban J connectivity index is 1.80. The quantitative estimate of drug-likeness (QED) is 0.831. The highest BCUT2D eigenvalue weighted by atomic mass is 16.6. The molecule has 126 valence electrons. The van der Waals surface area contributed by atoms with Crippen LogP contribution < -0.4 is 5.32 Å². The van der Waals surface area contributed by atoms with E-state index in [4.69, 9.17) is 4.74 Å². The molecule has 6 heteroatoms. The third kappa shape index (κ3) is 4.87. The Morgan fingerprint density at radius 3 is 2.82 bits per heavy atom. The molecule has 0 saturated heterocycles. The average Bonchev–Trinajstić information content (AvgIpc) is 2.91. The molecule has 2 rings (SSSR count). The molecule has 0 spiro atoms. The van der Waals surface area contributed by atoms with Gasteiger partial charge in [0.15, 0.2) is 0 Å². The average molecular weight is 311 g/mol. The van der Waals surface area contributed by atoms with Crippen LogP contribution in [0.1, 0.15) is 40.0 Å². The SMILES string of the molecule is CC(C)(C)OC(=O)N1CCN=C(NCC2CCCC2CO)C1. The molecule has 1 amide bonds. The van der Waals surface area contributed by atoms with E-state index in [0.717, 1.165) is 25.2 Å². The number of rotatable bonds is 3. The van der Waals surface area contributed by atoms with Gasteiger partial charge >= 0.3 is 6.09 Å². The molecule has 0 aromatic carbocycles. The first-order valence-corrected chi connectivity index (χ1v) is 8.25. The molecule has 1 saturated carbocycles. The van der Waals surface area contributed by atoms with E-state index in [1.807, 2.05) is 20.8 Å². The molecule has 0 bridgehead atoms. The maximum absolute atomic E-state index is 12.1. The number of hydrogen-bond acceptors (Lipinski definition) is 5. The van der Waals surface area contributed by atoms with Gasteiger partial charge in [-0.25, -0.2) is 4.79 Å². The number of nitrogens with one attached hydrogen (secondary N) is 1. The van der Waals surface area contributed by atoms with Crippen molar-refractivity contribution in [2.24, 2.45) is 16.8 Å². The van der Waals surface area contributed by atoms with Gasteiger partial charge < -0.3 is 15.2 Å². The van der Waals surface area contributed by atoms with Gasteiger partial charge in [0.1, 0.15) is 11.4 Å². The molecule has 0 aromatic heterocycles. The van der Waals surface area contributed by atoms with Crippen molar-refractivity contribution in [3.05, 3.63) is 0 Å². The number of amidine groups is 1. The minimum atomic E-state index is -0.475. The van der Waals surface area contributed by atoms with Crippen molar-refractivity contribution in [1.29, 1.82) is 0 Å². The van der Waals surface area contributed by atoms with Crippen molar-refractivity contribution in [3.63, 3.8) is 0 Å². The van der Waals surface area contributed by atoms with Crippen molar-refractivity contribution in [3.8, 4) is 0 Å². The summed E-state index contributed by atoms with van der Waals surface area (Å²) >= 11 is 0. The molecule has 1 heterocycles. The van der Waals surface area contributed by atoms with E-state index < -0.39 is 5.60 Å². The molecule has 2 unspecified atom stereocenters. The monoisotopic (exact) mass is 311 g/mol. The summed E-state index contributed by atoms with van der Waals surface area (Å²) in [4.78, 5) is 18.3. The lowest BCUT2D eigenvalue weighted by atomic mass is 9.97. The summed E-state index contributed by atoms with van der Waals surface area (Å²) in [5.74, 6) is 1.75. The first kappa shape index (κ1) is 17.1. The van der Waals surface area contributed by atoms with Crippen LogP contribution in [0.2, 0.25) is 0 Å². The van der Waals surface area contributed by atoms with Gasteiger partial charge in [0.05, 0.1) is 13.1 Å². The zero-order valence-corrected chi connectivity index (χ0v) is 14.0. The van der Waals surface area contributed by atoms with Crippen LogP contribution in [0, 0.1) is 11.8 Å². The van der Waals surface area contributed by atoms with Crippen LogP contribution in [0.4, 0.5) is 4.79 Å². The Morgan fingerprint density at radius 2 is 2.14 bits per heavy atom. The minimum Gasteiger partial charge on any atom is -0.444 e. The molecule has 6 nitrogen and oxygen atoms in total. The molecular weight excluding hydrogens is 282 g/mol. The highest BCUT2D eigenvalue weighted by molar-refractivity contribution is 5.87. The second-order valence-electron chi connectivity index (χ2n) is 7.24. The molecular formula is C16H29N3O3. The summed E-state index contributed by atoms with van der Waals surface area (Å²) in [5, 5.41) is 12.7. The molecule has 22 heavy (non-hydrogen) atoms. The van der Waals surface area contributed by atoms with Gasteiger partial charge in [-0.15, -0.1) is 0 Å². The topological polar surface area (TPSA) is 74.2 Å². The number of hydrogen-bond donors (Lipinski definition) is 2. The van der Waals surface area contributed by atoms with Crippen molar-refractivity contribution in [2.45, 2.75) is 45.6 Å². The van der Waals surface area contributed by atoms with Crippen LogP contribution in [0.5, 0.6) is 0 Å². The molecule has 0 radical (unpaired) electrons. The number of aliphatic hydroxyl groups is 1. The first-order valence-electron chi connectivity index (χ1n) is 8.25. The van der Waals surface area contributed by atoms with Gasteiger partial charge in [-0.05, 0) is 45.4 Å². The third-order valence-electron chi connectivity index (χ3n) is 4.28. The fourth-order valence-electron chi connectivity index (χ4n) is 3.08. The number of amides is 1. The standard InChI is InChI=1S/C16H29N3O3/c1-16(2,3)22-15(21)19-8-7-17-14(10-19)18-9-12-5-4-6-13(12)11-20/h12-13,20H,4-11H2,1-3H3,(H,17,18). The van der Waals surface area contributed by atoms with Crippen LogP contribution >= 0.6 is 0 Å². The summed E-state index contributed by atoms with van der Waals surface area (Å²) in [5.41, 5.74) is -0.475. The Morgan fingerprint density at radius 1 is 1.41 bits per heavy atom. The third-order valence-corrected chi connectivity index (χ3v) is 4.28. The predicted octanol–water partition coefficient (Wildman–Crippen LogP) is 1.63. The van der Waals surface area contributed by atoms with Gasteiger partial charge in [-0.2, -0.15) is 0 Å². The maximum Gasteiger partial charge on any atom is 0.410 e. The Labute approximate surface area is 132 Å². The van der Waals surface area contributed by atoms with Crippen LogP contribution in [0.25, 0.3) is 0 Å². The van der Waals surface area contributed by atoms with Crippen molar-refractivity contribution in [1.82, 2.24) is 10.2 Å². The first-order chi connectivity index (χ1) is 10.4. The second kappa shape index (κ2) is 7.31. The molecule has 2 aliphatic rings. The van der Waals surface area contributed by atoms with Crippen LogP contribution in [-0.2, 0) is 4.74 Å². The smallest absolute Gasteiger partial charge is 0.410 e. The van der Waals surface area contributed by atoms with Gasteiger partial charge in [0.2, 0.25) is 0 Å². The van der Waals surface area contributed by atoms with Crippen LogP contribution in [0.15, 0.2) is 4.99 Å². The van der Waals surface area contributed by atoms with E-state index >= 15 is 0 Å². The number of carbonyl (C=O) groups is 1. The lowest BCUT2D eigenvalue weighted by molar-refractivity contribution is 0.0276. The zero-order chi connectivity index (χ0) is 16.2. The zero-order valence-electron chi connectivity index (χ0n) is 14.0. The molecule has 1 aliphatic heterocycles. The largest absolute Gasteiger partial charge is 0.444 e. The molecule has 2 N–H and O–H groups in total. The number of aliphatic hydroxyl groups excluding tert-OH is 1. The normalized spacial score (nSPS) is 25.8. The van der Waals surface area contributed by atoms with E-state index in [1.165, 1.54) is 6.42 Å². The van der Waals surface area contributed by atoms with Crippen LogP contribution in [-0.4, -0.2) is 60.3 Å². The summed E-state index contributed by atoms with van der Waals surface area (Å²) in [6, 6.07) is 0. The maximum atomic E-state index is 12.1. The lowest BCUT2D eigenvalue weighted by Gasteiger charge is -2.30. The number of nitrogens with zero attached hydrogens (tertiary/aromatic N) is 2. The van der Waals surface area contributed by atoms with Crippen molar-refractivity contribution in [2.75, 3.05) is 32.8 Å². The highest BCUT2D eigenvalue weighted by Gasteiger charge is 2.28. The van der Waals surface area contributed by atoms with Crippen molar-refractivity contribution < 1.29 is 14.6 Å². The van der Waals surface area contributed by atoms with E-state index in [2.05, 4.69) is 10.3 Å². The molecule has 1 aliphatic carbocycles.